The molecular formula is C19H27N3O3. The first-order chi connectivity index (χ1) is 11.9. The Labute approximate surface area is 149 Å². The van der Waals surface area contributed by atoms with Crippen LogP contribution in [0.1, 0.15) is 19.4 Å². The maximum absolute atomic E-state index is 12.6. The second kappa shape index (κ2) is 7.44. The van der Waals surface area contributed by atoms with Gasteiger partial charge in [-0.05, 0) is 38.5 Å². The number of aryl methyl sites for hydroxylation is 1. The first kappa shape index (κ1) is 17.7. The van der Waals surface area contributed by atoms with Gasteiger partial charge in [0.2, 0.25) is 0 Å². The van der Waals surface area contributed by atoms with Crippen LogP contribution in [0.4, 0.5) is 5.69 Å². The summed E-state index contributed by atoms with van der Waals surface area (Å²) in [6.07, 6.45) is -0.0580. The Hall–Kier alpha value is -2.08. The van der Waals surface area contributed by atoms with Crippen molar-refractivity contribution in [3.8, 4) is 0 Å². The number of benzene rings is 1. The molecule has 6 heteroatoms. The van der Waals surface area contributed by atoms with Gasteiger partial charge in [-0.1, -0.05) is 12.1 Å². The van der Waals surface area contributed by atoms with Gasteiger partial charge in [0.15, 0.2) is 0 Å². The third kappa shape index (κ3) is 4.12. The highest BCUT2D eigenvalue weighted by Crippen LogP contribution is 2.18. The first-order valence-electron chi connectivity index (χ1n) is 8.99. The largest absolute Gasteiger partial charge is 0.372 e. The Bertz CT molecular complexity index is 631. The van der Waals surface area contributed by atoms with Crippen LogP contribution in [0, 0.1) is 6.92 Å². The van der Waals surface area contributed by atoms with Gasteiger partial charge in [0.05, 0.1) is 12.2 Å². The molecule has 2 atom stereocenters. The summed E-state index contributed by atoms with van der Waals surface area (Å²) in [7, 11) is 0. The van der Waals surface area contributed by atoms with Crippen LogP contribution in [0.2, 0.25) is 0 Å². The minimum Gasteiger partial charge on any atom is -0.372 e. The fraction of sp³-hybridized carbons (Fsp3) is 0.579. The fourth-order valence-corrected chi connectivity index (χ4v) is 3.61. The minimum atomic E-state index is -0.397. The van der Waals surface area contributed by atoms with Crippen molar-refractivity contribution in [2.75, 3.05) is 44.2 Å². The topological polar surface area (TPSA) is 53.1 Å². The second-order valence-electron chi connectivity index (χ2n) is 7.09. The summed E-state index contributed by atoms with van der Waals surface area (Å²) < 4.78 is 5.64. The maximum Gasteiger partial charge on any atom is 0.312 e. The molecule has 25 heavy (non-hydrogen) atoms. The van der Waals surface area contributed by atoms with Crippen LogP contribution < -0.4 is 4.90 Å². The van der Waals surface area contributed by atoms with Crippen molar-refractivity contribution < 1.29 is 14.3 Å². The molecule has 2 aliphatic rings. The van der Waals surface area contributed by atoms with Crippen molar-refractivity contribution in [2.24, 2.45) is 0 Å². The molecule has 2 fully saturated rings. The number of morpholine rings is 1. The first-order valence-corrected chi connectivity index (χ1v) is 8.99. The van der Waals surface area contributed by atoms with Crippen molar-refractivity contribution >= 4 is 17.5 Å². The van der Waals surface area contributed by atoms with E-state index in [1.807, 2.05) is 19.9 Å². The summed E-state index contributed by atoms with van der Waals surface area (Å²) in [5.41, 5.74) is 2.40. The molecule has 3 rings (SSSR count). The summed E-state index contributed by atoms with van der Waals surface area (Å²) >= 11 is 0. The number of piperazine rings is 1. The lowest BCUT2D eigenvalue weighted by Crippen LogP contribution is -2.56. The van der Waals surface area contributed by atoms with E-state index in [1.165, 1.54) is 11.3 Å². The molecule has 0 aromatic heterocycles. The zero-order valence-electron chi connectivity index (χ0n) is 15.3. The van der Waals surface area contributed by atoms with Crippen LogP contribution >= 0.6 is 0 Å². The number of carbonyl (C=O) groups is 2. The van der Waals surface area contributed by atoms with Crippen LogP contribution in [0.25, 0.3) is 0 Å². The number of anilines is 1. The number of ether oxygens (including phenoxy) is 1. The van der Waals surface area contributed by atoms with E-state index in [0.29, 0.717) is 26.2 Å². The summed E-state index contributed by atoms with van der Waals surface area (Å²) in [5.74, 6) is -0.781. The highest BCUT2D eigenvalue weighted by Gasteiger charge is 2.33. The molecule has 0 saturated carbocycles. The SMILES string of the molecule is Cc1cccc(N2CCN(C(=O)C(=O)N3CC(C)OC(C)C3)CC2)c1. The molecule has 0 spiro atoms. The zero-order chi connectivity index (χ0) is 18.0. The lowest BCUT2D eigenvalue weighted by atomic mass is 10.2. The van der Waals surface area contributed by atoms with Crippen molar-refractivity contribution in [2.45, 2.75) is 33.0 Å². The standard InChI is InChI=1S/C19H27N3O3/c1-14-5-4-6-17(11-14)20-7-9-21(10-8-20)18(23)19(24)22-12-15(2)25-16(3)13-22/h4-6,11,15-16H,7-10,12-13H2,1-3H3. The van der Waals surface area contributed by atoms with Gasteiger partial charge >= 0.3 is 11.8 Å². The van der Waals surface area contributed by atoms with Crippen LogP contribution in [-0.4, -0.2) is 73.1 Å². The Morgan fingerprint density at radius 1 is 0.960 bits per heavy atom. The highest BCUT2D eigenvalue weighted by atomic mass is 16.5. The van der Waals surface area contributed by atoms with E-state index in [-0.39, 0.29) is 18.1 Å². The molecule has 6 nitrogen and oxygen atoms in total. The smallest absolute Gasteiger partial charge is 0.312 e. The van der Waals surface area contributed by atoms with Crippen LogP contribution in [0.3, 0.4) is 0 Å². The molecule has 0 N–H and O–H groups in total. The Morgan fingerprint density at radius 2 is 1.56 bits per heavy atom. The molecule has 2 saturated heterocycles. The molecule has 1 aromatic rings. The molecule has 0 bridgehead atoms. The number of carbonyl (C=O) groups excluding carboxylic acids is 2. The maximum atomic E-state index is 12.6. The Kier molecular flexibility index (Phi) is 5.27. The second-order valence-corrected chi connectivity index (χ2v) is 7.09. The average molecular weight is 345 g/mol. The number of hydrogen-bond donors (Lipinski definition) is 0. The fourth-order valence-electron chi connectivity index (χ4n) is 3.61. The quantitative estimate of drug-likeness (QED) is 0.720. The van der Waals surface area contributed by atoms with E-state index in [0.717, 1.165) is 13.1 Å². The van der Waals surface area contributed by atoms with E-state index in [1.54, 1.807) is 9.80 Å². The Morgan fingerprint density at radius 3 is 2.16 bits per heavy atom. The third-order valence-electron chi connectivity index (χ3n) is 4.82. The van der Waals surface area contributed by atoms with Crippen molar-refractivity contribution in [3.63, 3.8) is 0 Å². The van der Waals surface area contributed by atoms with Gasteiger partial charge in [0.25, 0.3) is 0 Å². The van der Waals surface area contributed by atoms with E-state index in [9.17, 15) is 9.59 Å². The molecule has 2 heterocycles. The van der Waals surface area contributed by atoms with E-state index >= 15 is 0 Å². The molecule has 0 radical (unpaired) electrons. The van der Waals surface area contributed by atoms with E-state index in [2.05, 4.69) is 30.0 Å². The summed E-state index contributed by atoms with van der Waals surface area (Å²) in [6, 6.07) is 8.37. The molecule has 2 aliphatic heterocycles. The Balaban J connectivity index is 1.57. The molecular weight excluding hydrogens is 318 g/mol. The molecule has 2 amide bonds. The number of nitrogens with zero attached hydrogens (tertiary/aromatic N) is 3. The van der Waals surface area contributed by atoms with Gasteiger partial charge < -0.3 is 19.4 Å². The van der Waals surface area contributed by atoms with Gasteiger partial charge in [-0.3, -0.25) is 9.59 Å². The number of hydrogen-bond acceptors (Lipinski definition) is 4. The monoisotopic (exact) mass is 345 g/mol. The predicted molar refractivity (Wildman–Crippen MR) is 96.6 cm³/mol. The van der Waals surface area contributed by atoms with Gasteiger partial charge in [0.1, 0.15) is 0 Å². The van der Waals surface area contributed by atoms with Gasteiger partial charge in [-0.2, -0.15) is 0 Å². The lowest BCUT2D eigenvalue weighted by molar-refractivity contribution is -0.158. The van der Waals surface area contributed by atoms with E-state index in [4.69, 9.17) is 4.74 Å². The van der Waals surface area contributed by atoms with Gasteiger partial charge in [-0.25, -0.2) is 0 Å². The highest BCUT2D eigenvalue weighted by molar-refractivity contribution is 6.35. The summed E-state index contributed by atoms with van der Waals surface area (Å²) in [5, 5.41) is 0. The van der Waals surface area contributed by atoms with Gasteiger partial charge in [0, 0.05) is 45.0 Å². The van der Waals surface area contributed by atoms with Gasteiger partial charge in [-0.15, -0.1) is 0 Å². The zero-order valence-corrected chi connectivity index (χ0v) is 15.3. The third-order valence-corrected chi connectivity index (χ3v) is 4.82. The molecule has 136 valence electrons. The number of rotatable bonds is 1. The van der Waals surface area contributed by atoms with Crippen molar-refractivity contribution in [1.82, 2.24) is 9.80 Å². The normalized spacial score (nSPS) is 24.4. The molecule has 2 unspecified atom stereocenters. The number of amides is 2. The lowest BCUT2D eigenvalue weighted by Gasteiger charge is -2.38. The predicted octanol–water partition coefficient (Wildman–Crippen LogP) is 1.28. The van der Waals surface area contributed by atoms with Crippen molar-refractivity contribution in [3.05, 3.63) is 29.8 Å². The average Bonchev–Trinajstić information content (AvgIpc) is 2.60. The van der Waals surface area contributed by atoms with Crippen LogP contribution in [0.15, 0.2) is 24.3 Å². The van der Waals surface area contributed by atoms with Crippen LogP contribution in [0.5, 0.6) is 0 Å². The summed E-state index contributed by atoms with van der Waals surface area (Å²) in [6.45, 7) is 9.56. The van der Waals surface area contributed by atoms with Crippen molar-refractivity contribution in [1.29, 1.82) is 0 Å². The summed E-state index contributed by atoms with van der Waals surface area (Å²) in [4.78, 5) is 30.7. The molecule has 0 aliphatic carbocycles. The van der Waals surface area contributed by atoms with E-state index < -0.39 is 5.91 Å². The molecule has 1 aromatic carbocycles. The van der Waals surface area contributed by atoms with Crippen LogP contribution in [-0.2, 0) is 14.3 Å². The minimum absolute atomic E-state index is 0.0290.